The van der Waals surface area contributed by atoms with Crippen LogP contribution in [0.5, 0.6) is 0 Å². The van der Waals surface area contributed by atoms with Crippen molar-refractivity contribution in [1.29, 1.82) is 0 Å². The van der Waals surface area contributed by atoms with Crippen LogP contribution < -0.4 is 22.9 Å². The van der Waals surface area contributed by atoms with Crippen molar-refractivity contribution in [1.82, 2.24) is 9.88 Å². The molecule has 0 aromatic carbocycles. The van der Waals surface area contributed by atoms with E-state index < -0.39 is 0 Å². The van der Waals surface area contributed by atoms with Gasteiger partial charge in [-0.05, 0) is 57.1 Å². The lowest BCUT2D eigenvalue weighted by molar-refractivity contribution is 0.139. The van der Waals surface area contributed by atoms with Crippen molar-refractivity contribution in [3.05, 3.63) is 63.5 Å². The van der Waals surface area contributed by atoms with Gasteiger partial charge in [-0.3, -0.25) is 0 Å². The van der Waals surface area contributed by atoms with Crippen LogP contribution in [0.1, 0.15) is 40.0 Å². The molecule has 2 aliphatic rings. The summed E-state index contributed by atoms with van der Waals surface area (Å²) >= 11 is 7.45. The summed E-state index contributed by atoms with van der Waals surface area (Å²) in [6.45, 7) is 7.98. The molecule has 0 radical (unpaired) electrons. The number of nitrogens with two attached hydrogens (primary N) is 4. The van der Waals surface area contributed by atoms with Crippen LogP contribution in [0, 0.1) is 5.41 Å². The second-order valence-corrected chi connectivity index (χ2v) is 10.3. The monoisotopic (exact) mass is 487 g/mol. The molecule has 3 rings (SSSR count). The zero-order valence-corrected chi connectivity index (χ0v) is 21.1. The predicted molar refractivity (Wildman–Crippen MR) is 141 cm³/mol. The number of likely N-dealkylation sites (tertiary alicyclic amines) is 1. The van der Waals surface area contributed by atoms with E-state index in [1.54, 1.807) is 18.5 Å². The molecular formula is C24H34ClN7S. The molecule has 1 unspecified atom stereocenters. The van der Waals surface area contributed by atoms with Gasteiger partial charge in [-0.1, -0.05) is 52.7 Å². The number of hydrogen-bond acceptors (Lipinski definition) is 6. The summed E-state index contributed by atoms with van der Waals surface area (Å²) in [5.74, 6) is 0.722. The molecule has 1 aliphatic heterocycles. The number of hydrogen-bond donors (Lipinski definition) is 4. The van der Waals surface area contributed by atoms with E-state index in [0.717, 1.165) is 37.2 Å². The van der Waals surface area contributed by atoms with Gasteiger partial charge in [0.25, 0.3) is 0 Å². The number of anilines is 1. The Balaban J connectivity index is 1.62. The summed E-state index contributed by atoms with van der Waals surface area (Å²) < 4.78 is 0. The molecule has 9 heteroatoms. The maximum atomic E-state index is 6.78. The highest BCUT2D eigenvalue weighted by Crippen LogP contribution is 2.48. The van der Waals surface area contributed by atoms with Crippen molar-refractivity contribution < 1.29 is 0 Å². The van der Waals surface area contributed by atoms with Crippen molar-refractivity contribution in [2.24, 2.45) is 27.6 Å². The van der Waals surface area contributed by atoms with Crippen LogP contribution in [0.4, 0.5) is 5.82 Å². The summed E-state index contributed by atoms with van der Waals surface area (Å²) in [5, 5.41) is 0.841. The minimum absolute atomic E-state index is 0.0440. The molecule has 7 nitrogen and oxygen atoms in total. The second-order valence-electron chi connectivity index (χ2n) is 8.76. The molecule has 178 valence electrons. The van der Waals surface area contributed by atoms with Crippen molar-refractivity contribution in [2.75, 3.05) is 18.8 Å². The first-order chi connectivity index (χ1) is 15.7. The Morgan fingerprint density at radius 1 is 1.33 bits per heavy atom. The standard InChI is InChI=1S/C24H34ClN7S/c1-4-5-15(2)12-17-16(3)13-24(21(17)27)7-10-32(11-8-24)23(29)31-14-19(26)33-18-6-9-30-22(28)20(18)25/h4-6,9,12,14,21H,7-8,10-11,13,26-27H2,1-3H3,(H2,28,30)(H2,29,31)/b5-4-,15-12-,19-14+. The fourth-order valence-corrected chi connectivity index (χ4v) is 5.57. The molecule has 33 heavy (non-hydrogen) atoms. The lowest BCUT2D eigenvalue weighted by atomic mass is 9.72. The highest BCUT2D eigenvalue weighted by Gasteiger charge is 2.45. The number of piperidine rings is 1. The number of pyridine rings is 1. The van der Waals surface area contributed by atoms with E-state index in [4.69, 9.17) is 34.5 Å². The van der Waals surface area contributed by atoms with Crippen LogP contribution in [-0.2, 0) is 0 Å². The Morgan fingerprint density at radius 3 is 2.70 bits per heavy atom. The molecular weight excluding hydrogens is 454 g/mol. The minimum atomic E-state index is 0.0440. The Hall–Kier alpha value is -2.42. The Labute approximate surface area is 205 Å². The third-order valence-electron chi connectivity index (χ3n) is 6.43. The first-order valence-electron chi connectivity index (χ1n) is 11.0. The van der Waals surface area contributed by atoms with Crippen LogP contribution in [0.25, 0.3) is 0 Å². The SMILES string of the molecule is C/C=C\C(C)=C/C1=C(C)CC2(CCN(C(N)=N/C=C(\N)Sc3ccnc(N)c3Cl)CC2)C1N. The number of rotatable bonds is 5. The molecule has 1 fully saturated rings. The molecule has 0 saturated carbocycles. The Kier molecular flexibility index (Phi) is 8.15. The summed E-state index contributed by atoms with van der Waals surface area (Å²) in [5.41, 5.74) is 28.9. The first-order valence-corrected chi connectivity index (χ1v) is 12.2. The Morgan fingerprint density at radius 2 is 2.03 bits per heavy atom. The molecule has 0 amide bonds. The smallest absolute Gasteiger partial charge is 0.195 e. The van der Waals surface area contributed by atoms with Crippen molar-refractivity contribution in [3.63, 3.8) is 0 Å². The lowest BCUT2D eigenvalue weighted by Crippen LogP contribution is -2.51. The molecule has 1 atom stereocenters. The highest BCUT2D eigenvalue weighted by atomic mass is 35.5. The third-order valence-corrected chi connectivity index (χ3v) is 7.84. The number of guanidine groups is 1. The van der Waals surface area contributed by atoms with Gasteiger partial charge in [-0.15, -0.1) is 0 Å². The van der Waals surface area contributed by atoms with Crippen LogP contribution in [0.3, 0.4) is 0 Å². The highest BCUT2D eigenvalue weighted by molar-refractivity contribution is 8.03. The maximum Gasteiger partial charge on any atom is 0.195 e. The van der Waals surface area contributed by atoms with Gasteiger partial charge in [-0.2, -0.15) is 0 Å². The molecule has 0 bridgehead atoms. The third kappa shape index (κ3) is 5.75. The van der Waals surface area contributed by atoms with Gasteiger partial charge < -0.3 is 27.8 Å². The molecule has 1 saturated heterocycles. The summed E-state index contributed by atoms with van der Waals surface area (Å²) in [7, 11) is 0. The number of aromatic nitrogens is 1. The number of nitrogen functional groups attached to an aromatic ring is 1. The molecule has 1 aromatic heterocycles. The molecule has 2 heterocycles. The van der Waals surface area contributed by atoms with Gasteiger partial charge >= 0.3 is 0 Å². The fourth-order valence-electron chi connectivity index (χ4n) is 4.66. The van der Waals surface area contributed by atoms with E-state index in [2.05, 4.69) is 47.0 Å². The Bertz CT molecular complexity index is 1030. The molecule has 8 N–H and O–H groups in total. The first kappa shape index (κ1) is 25.2. The number of halogens is 1. The number of thioether (sulfide) groups is 1. The van der Waals surface area contributed by atoms with Gasteiger partial charge in [0.05, 0.1) is 16.3 Å². The molecule has 1 spiro atoms. The minimum Gasteiger partial charge on any atom is -0.392 e. The van der Waals surface area contributed by atoms with Crippen LogP contribution in [0.2, 0.25) is 5.02 Å². The van der Waals surface area contributed by atoms with Gasteiger partial charge in [-0.25, -0.2) is 9.98 Å². The second kappa shape index (κ2) is 10.7. The van der Waals surface area contributed by atoms with E-state index in [0.29, 0.717) is 16.0 Å². The van der Waals surface area contributed by atoms with Gasteiger partial charge in [0, 0.05) is 30.2 Å². The topological polar surface area (TPSA) is 133 Å². The normalized spacial score (nSPS) is 22.2. The maximum absolute atomic E-state index is 6.78. The van der Waals surface area contributed by atoms with Gasteiger partial charge in [0.1, 0.15) is 5.82 Å². The molecule has 1 aromatic rings. The van der Waals surface area contributed by atoms with Crippen LogP contribution >= 0.6 is 23.4 Å². The lowest BCUT2D eigenvalue weighted by Gasteiger charge is -2.43. The average molecular weight is 488 g/mol. The number of aliphatic imine (C=N–C) groups is 1. The predicted octanol–water partition coefficient (Wildman–Crippen LogP) is 4.13. The van der Waals surface area contributed by atoms with E-state index in [1.807, 2.05) is 6.92 Å². The molecule has 1 aliphatic carbocycles. The van der Waals surface area contributed by atoms with Gasteiger partial charge in [0.15, 0.2) is 5.96 Å². The summed E-state index contributed by atoms with van der Waals surface area (Å²) in [4.78, 5) is 11.1. The average Bonchev–Trinajstić information content (AvgIpc) is 3.00. The van der Waals surface area contributed by atoms with Crippen LogP contribution in [0.15, 0.2) is 68.3 Å². The largest absolute Gasteiger partial charge is 0.392 e. The van der Waals surface area contributed by atoms with Crippen molar-refractivity contribution in [2.45, 2.75) is 51.0 Å². The number of nitrogens with zero attached hydrogens (tertiary/aromatic N) is 3. The van der Waals surface area contributed by atoms with E-state index >= 15 is 0 Å². The zero-order valence-electron chi connectivity index (χ0n) is 19.5. The van der Waals surface area contributed by atoms with Crippen molar-refractivity contribution in [3.8, 4) is 0 Å². The van der Waals surface area contributed by atoms with E-state index in [1.165, 1.54) is 28.5 Å². The quantitative estimate of drug-likeness (QED) is 0.212. The number of allylic oxidation sites excluding steroid dienone is 4. The van der Waals surface area contributed by atoms with E-state index in [9.17, 15) is 0 Å². The van der Waals surface area contributed by atoms with Crippen LogP contribution in [-0.4, -0.2) is 35.0 Å². The van der Waals surface area contributed by atoms with Gasteiger partial charge in [0.2, 0.25) is 0 Å². The zero-order chi connectivity index (χ0) is 24.2. The summed E-state index contributed by atoms with van der Waals surface area (Å²) in [6.07, 6.45) is 12.5. The summed E-state index contributed by atoms with van der Waals surface area (Å²) in [6, 6.07) is 1.80. The van der Waals surface area contributed by atoms with E-state index in [-0.39, 0.29) is 17.3 Å². The fraction of sp³-hybridized carbons (Fsp3) is 0.417. The van der Waals surface area contributed by atoms with Crippen molar-refractivity contribution >= 4 is 35.1 Å².